The summed E-state index contributed by atoms with van der Waals surface area (Å²) in [5, 5.41) is 11.0. The fourth-order valence-corrected chi connectivity index (χ4v) is 4.98. The largest absolute Gasteiger partial charge is 1.00 e. The number of carbonyl (C=O) groups is 1. The van der Waals surface area contributed by atoms with Crippen LogP contribution in [0.15, 0.2) is 41.3 Å². The third-order valence-corrected chi connectivity index (χ3v) is 7.18. The Morgan fingerprint density at radius 1 is 1.14 bits per heavy atom. The number of carboxylic acids is 1. The third kappa shape index (κ3) is 9.53. The van der Waals surface area contributed by atoms with Crippen LogP contribution < -0.4 is 39.4 Å². The number of allylic oxidation sites excluding steroid dienone is 2. The molecule has 2 rings (SSSR count). The Labute approximate surface area is 201 Å². The van der Waals surface area contributed by atoms with Gasteiger partial charge < -0.3 is 9.90 Å². The van der Waals surface area contributed by atoms with Gasteiger partial charge in [-0.3, -0.25) is 0 Å². The first kappa shape index (κ1) is 26.7. The third-order valence-electron chi connectivity index (χ3n) is 5.45. The van der Waals surface area contributed by atoms with Crippen LogP contribution in [0.2, 0.25) is 5.02 Å². The van der Waals surface area contributed by atoms with Crippen LogP contribution in [0.25, 0.3) is 0 Å². The summed E-state index contributed by atoms with van der Waals surface area (Å²) in [4.78, 5) is 10.7. The van der Waals surface area contributed by atoms with E-state index >= 15 is 0 Å². The van der Waals surface area contributed by atoms with Crippen LogP contribution in [-0.4, -0.2) is 20.9 Å². The zero-order valence-corrected chi connectivity index (χ0v) is 20.7. The molecule has 0 aromatic heterocycles. The number of hydrogen-bond acceptors (Lipinski definition) is 4. The number of nitrogens with one attached hydrogen (secondary N) is 1. The van der Waals surface area contributed by atoms with E-state index < -0.39 is 16.0 Å². The quantitative estimate of drug-likeness (QED) is 0.308. The topological polar surface area (TPSA) is 86.3 Å². The van der Waals surface area contributed by atoms with Crippen molar-refractivity contribution < 1.29 is 47.9 Å². The van der Waals surface area contributed by atoms with Gasteiger partial charge in [-0.1, -0.05) is 43.0 Å². The number of carboxylic acid groups (broad SMARTS) is 1. The van der Waals surface area contributed by atoms with Crippen LogP contribution in [0.1, 0.15) is 64.2 Å². The molecule has 1 aromatic rings. The summed E-state index contributed by atoms with van der Waals surface area (Å²) in [5.41, 5.74) is 0.117. The second kappa shape index (κ2) is 13.1. The maximum Gasteiger partial charge on any atom is 1.00 e. The first-order valence-corrected chi connectivity index (χ1v) is 11.8. The molecule has 0 bridgehead atoms. The first-order valence-electron chi connectivity index (χ1n) is 9.93. The molecule has 0 atom stereocenters. The molecule has 0 heterocycles. The summed E-state index contributed by atoms with van der Waals surface area (Å²) in [6, 6.07) is 6.17. The predicted molar refractivity (Wildman–Crippen MR) is 109 cm³/mol. The molecule has 0 aliphatic heterocycles. The fourth-order valence-electron chi connectivity index (χ4n) is 3.82. The van der Waals surface area contributed by atoms with Gasteiger partial charge in [0.1, 0.15) is 0 Å². The van der Waals surface area contributed by atoms with Gasteiger partial charge in [-0.2, -0.15) is 0 Å². The Morgan fingerprint density at radius 3 is 2.41 bits per heavy atom. The maximum atomic E-state index is 12.5. The SMILES string of the molecule is O=C([O-])CCC/C=C\CC1(CCNS(=O)(=O)c2ccc(Cl)cc2)CCCCC1.[Na+]. The molecule has 8 heteroatoms. The smallest absolute Gasteiger partial charge is 0.550 e. The summed E-state index contributed by atoms with van der Waals surface area (Å²) >= 11 is 5.83. The van der Waals surface area contributed by atoms with Crippen LogP contribution in [-0.2, 0) is 14.8 Å². The van der Waals surface area contributed by atoms with E-state index in [9.17, 15) is 18.3 Å². The van der Waals surface area contributed by atoms with Gasteiger partial charge in [0.05, 0.1) is 4.90 Å². The van der Waals surface area contributed by atoms with Crippen LogP contribution >= 0.6 is 11.6 Å². The molecule has 1 aliphatic carbocycles. The van der Waals surface area contributed by atoms with Gasteiger partial charge in [-0.25, -0.2) is 13.1 Å². The molecule has 1 N–H and O–H groups in total. The Balaban J connectivity index is 0.00000420. The van der Waals surface area contributed by atoms with E-state index in [2.05, 4.69) is 10.8 Å². The van der Waals surface area contributed by atoms with Crippen molar-refractivity contribution in [2.24, 2.45) is 5.41 Å². The summed E-state index contributed by atoms with van der Waals surface area (Å²) in [6.07, 6.45) is 13.0. The van der Waals surface area contributed by atoms with Crippen LogP contribution in [0.3, 0.4) is 0 Å². The number of carbonyl (C=O) groups excluding carboxylic acids is 1. The minimum Gasteiger partial charge on any atom is -0.550 e. The summed E-state index contributed by atoms with van der Waals surface area (Å²) in [5.74, 6) is -1.01. The van der Waals surface area contributed by atoms with Crippen molar-refractivity contribution in [1.29, 1.82) is 0 Å². The van der Waals surface area contributed by atoms with Crippen molar-refractivity contribution in [2.75, 3.05) is 6.54 Å². The first-order chi connectivity index (χ1) is 13.3. The van der Waals surface area contributed by atoms with Crippen LogP contribution in [0.5, 0.6) is 0 Å². The molecule has 1 aromatic carbocycles. The standard InChI is InChI=1S/C21H30ClNO4S.Na/c22-18-9-11-19(12-10-18)28(26,27)23-17-16-21(14-6-3-7-15-21)13-5-2-1-4-8-20(24)25;/h2,5,9-12,23H,1,3-4,6-8,13-17H2,(H,24,25);/q;+1/p-1/b5-2-;. The van der Waals surface area contributed by atoms with E-state index in [0.29, 0.717) is 18.0 Å². The fraction of sp³-hybridized carbons (Fsp3) is 0.571. The normalized spacial score (nSPS) is 16.4. The molecule has 0 amide bonds. The van der Waals surface area contributed by atoms with Gasteiger partial charge in [0, 0.05) is 17.5 Å². The number of rotatable bonds is 11. The molecule has 156 valence electrons. The van der Waals surface area contributed by atoms with Gasteiger partial charge in [0.25, 0.3) is 0 Å². The zero-order valence-electron chi connectivity index (χ0n) is 17.2. The van der Waals surface area contributed by atoms with Crippen molar-refractivity contribution in [1.82, 2.24) is 4.72 Å². The minimum absolute atomic E-state index is 0. The summed E-state index contributed by atoms with van der Waals surface area (Å²) in [6.45, 7) is 0.406. The average molecular weight is 450 g/mol. The number of sulfonamides is 1. The number of aliphatic carboxylic acids is 1. The Hall–Kier alpha value is -0.370. The number of unbranched alkanes of at least 4 members (excludes halogenated alkanes) is 1. The van der Waals surface area contributed by atoms with Crippen molar-refractivity contribution >= 4 is 27.6 Å². The Morgan fingerprint density at radius 2 is 1.79 bits per heavy atom. The number of benzene rings is 1. The molecule has 1 aliphatic rings. The number of hydrogen-bond donors (Lipinski definition) is 1. The Bertz CT molecular complexity index is 759. The molecular weight excluding hydrogens is 421 g/mol. The van der Waals surface area contributed by atoms with E-state index in [4.69, 9.17) is 11.6 Å². The van der Waals surface area contributed by atoms with E-state index in [1.807, 2.05) is 6.08 Å². The van der Waals surface area contributed by atoms with Crippen molar-refractivity contribution in [3.05, 3.63) is 41.4 Å². The second-order valence-corrected chi connectivity index (χ2v) is 9.81. The Kier molecular flexibility index (Phi) is 12.1. The number of halogens is 1. The van der Waals surface area contributed by atoms with Gasteiger partial charge in [-0.05, 0) is 74.6 Å². The summed E-state index contributed by atoms with van der Waals surface area (Å²) < 4.78 is 27.6. The molecule has 0 spiro atoms. The molecule has 0 saturated heterocycles. The zero-order chi connectivity index (χ0) is 20.5. The second-order valence-electron chi connectivity index (χ2n) is 7.60. The molecule has 1 fully saturated rings. The van der Waals surface area contributed by atoms with Gasteiger partial charge in [0.15, 0.2) is 0 Å². The molecule has 5 nitrogen and oxygen atoms in total. The van der Waals surface area contributed by atoms with E-state index in [-0.39, 0.29) is 46.3 Å². The van der Waals surface area contributed by atoms with Gasteiger partial charge >= 0.3 is 29.6 Å². The van der Waals surface area contributed by atoms with Crippen LogP contribution in [0.4, 0.5) is 0 Å². The van der Waals surface area contributed by atoms with E-state index in [1.165, 1.54) is 31.4 Å². The maximum absolute atomic E-state index is 12.5. The van der Waals surface area contributed by atoms with Gasteiger partial charge in [-0.15, -0.1) is 0 Å². The molecule has 1 saturated carbocycles. The molecule has 29 heavy (non-hydrogen) atoms. The minimum atomic E-state index is -3.53. The molecule has 0 unspecified atom stereocenters. The van der Waals surface area contributed by atoms with E-state index in [0.717, 1.165) is 32.1 Å². The van der Waals surface area contributed by atoms with Crippen molar-refractivity contribution in [3.8, 4) is 0 Å². The molecular formula is C21H29ClNNaO4S. The van der Waals surface area contributed by atoms with Crippen LogP contribution in [0, 0.1) is 5.41 Å². The monoisotopic (exact) mass is 449 g/mol. The molecule has 0 radical (unpaired) electrons. The van der Waals surface area contributed by atoms with E-state index in [1.54, 1.807) is 12.1 Å². The average Bonchev–Trinajstić information content (AvgIpc) is 2.65. The predicted octanol–water partition coefficient (Wildman–Crippen LogP) is 0.829. The van der Waals surface area contributed by atoms with Gasteiger partial charge in [0.2, 0.25) is 10.0 Å². The van der Waals surface area contributed by atoms with Crippen molar-refractivity contribution in [3.63, 3.8) is 0 Å². The van der Waals surface area contributed by atoms with Crippen molar-refractivity contribution in [2.45, 2.75) is 69.1 Å². The summed E-state index contributed by atoms with van der Waals surface area (Å²) in [7, 11) is -3.53.